The summed E-state index contributed by atoms with van der Waals surface area (Å²) in [5.74, 6) is 0. The number of hydrogen-bond acceptors (Lipinski definition) is 3. The van der Waals surface area contributed by atoms with Crippen LogP contribution in [0.4, 0.5) is 0 Å². The third-order valence-corrected chi connectivity index (χ3v) is 4.73. The van der Waals surface area contributed by atoms with Crippen LogP contribution in [0.25, 0.3) is 0 Å². The molecule has 0 atom stereocenters. The summed E-state index contributed by atoms with van der Waals surface area (Å²) in [4.78, 5) is 2.64. The zero-order valence-electron chi connectivity index (χ0n) is 13.1. The Morgan fingerprint density at radius 3 is 2.53 bits per heavy atom. The lowest BCUT2D eigenvalue weighted by Gasteiger charge is -2.45. The third-order valence-electron chi connectivity index (χ3n) is 4.73. The van der Waals surface area contributed by atoms with Crippen molar-refractivity contribution in [3.8, 4) is 0 Å². The largest absolute Gasteiger partial charge is 0.373 e. The molecule has 0 aromatic carbocycles. The molecule has 0 amide bonds. The Bertz CT molecular complexity index is 272. The molecule has 1 aliphatic heterocycles. The highest BCUT2D eigenvalue weighted by molar-refractivity contribution is 4.90. The second-order valence-electron chi connectivity index (χ2n) is 7.16. The first-order chi connectivity index (χ1) is 9.05. The molecule has 2 fully saturated rings. The van der Waals surface area contributed by atoms with Crippen molar-refractivity contribution in [2.45, 2.75) is 58.5 Å². The summed E-state index contributed by atoms with van der Waals surface area (Å²) in [6.45, 7) is 13.3. The zero-order valence-corrected chi connectivity index (χ0v) is 13.1. The summed E-state index contributed by atoms with van der Waals surface area (Å²) >= 11 is 0. The smallest absolute Gasteiger partial charge is 0.0753 e. The highest BCUT2D eigenvalue weighted by Crippen LogP contribution is 2.37. The Balaban J connectivity index is 1.94. The van der Waals surface area contributed by atoms with Crippen LogP contribution in [0.1, 0.15) is 52.9 Å². The SMILES string of the molecule is CCNCC1(CN2CCOC(C)(C)C2)CCCCC1. The van der Waals surface area contributed by atoms with Gasteiger partial charge in [-0.25, -0.2) is 0 Å². The maximum atomic E-state index is 5.84. The molecule has 1 heterocycles. The normalized spacial score (nSPS) is 27.3. The van der Waals surface area contributed by atoms with Gasteiger partial charge in [-0.3, -0.25) is 4.90 Å². The van der Waals surface area contributed by atoms with E-state index in [1.807, 2.05) is 0 Å². The van der Waals surface area contributed by atoms with Crippen LogP contribution in [0.5, 0.6) is 0 Å². The lowest BCUT2D eigenvalue weighted by molar-refractivity contribution is -0.0964. The molecule has 0 unspecified atom stereocenters. The molecule has 3 nitrogen and oxygen atoms in total. The fourth-order valence-corrected chi connectivity index (χ4v) is 3.81. The lowest BCUT2D eigenvalue weighted by atomic mass is 9.73. The Morgan fingerprint density at radius 2 is 1.89 bits per heavy atom. The molecule has 0 spiro atoms. The van der Waals surface area contributed by atoms with Crippen LogP contribution in [0, 0.1) is 5.41 Å². The molecule has 2 aliphatic rings. The second kappa shape index (κ2) is 6.55. The highest BCUT2D eigenvalue weighted by atomic mass is 16.5. The van der Waals surface area contributed by atoms with Crippen molar-refractivity contribution in [2.24, 2.45) is 5.41 Å². The fourth-order valence-electron chi connectivity index (χ4n) is 3.81. The van der Waals surface area contributed by atoms with E-state index >= 15 is 0 Å². The molecule has 19 heavy (non-hydrogen) atoms. The van der Waals surface area contributed by atoms with Crippen molar-refractivity contribution in [2.75, 3.05) is 39.3 Å². The van der Waals surface area contributed by atoms with Gasteiger partial charge in [0.15, 0.2) is 0 Å². The van der Waals surface area contributed by atoms with Gasteiger partial charge in [0.2, 0.25) is 0 Å². The molecule has 3 heteroatoms. The van der Waals surface area contributed by atoms with Crippen LogP contribution in [-0.4, -0.2) is 49.8 Å². The quantitative estimate of drug-likeness (QED) is 0.829. The van der Waals surface area contributed by atoms with Gasteiger partial charge in [-0.1, -0.05) is 26.2 Å². The van der Waals surface area contributed by atoms with E-state index in [-0.39, 0.29) is 5.60 Å². The van der Waals surface area contributed by atoms with Gasteiger partial charge in [0, 0.05) is 26.2 Å². The van der Waals surface area contributed by atoms with Crippen molar-refractivity contribution in [1.29, 1.82) is 0 Å². The third kappa shape index (κ3) is 4.44. The van der Waals surface area contributed by atoms with E-state index in [0.717, 1.165) is 26.2 Å². The summed E-state index contributed by atoms with van der Waals surface area (Å²) in [7, 11) is 0. The van der Waals surface area contributed by atoms with Gasteiger partial charge >= 0.3 is 0 Å². The van der Waals surface area contributed by atoms with Crippen molar-refractivity contribution >= 4 is 0 Å². The van der Waals surface area contributed by atoms with Crippen molar-refractivity contribution < 1.29 is 4.74 Å². The first-order valence-corrected chi connectivity index (χ1v) is 8.12. The van der Waals surface area contributed by atoms with Gasteiger partial charge < -0.3 is 10.1 Å². The van der Waals surface area contributed by atoms with Gasteiger partial charge in [0.25, 0.3) is 0 Å². The Morgan fingerprint density at radius 1 is 1.16 bits per heavy atom. The maximum Gasteiger partial charge on any atom is 0.0753 e. The molecule has 1 aliphatic carbocycles. The number of ether oxygens (including phenoxy) is 1. The molecule has 1 N–H and O–H groups in total. The van der Waals surface area contributed by atoms with E-state index in [1.165, 1.54) is 45.2 Å². The van der Waals surface area contributed by atoms with Gasteiger partial charge in [-0.05, 0) is 38.6 Å². The van der Waals surface area contributed by atoms with Crippen molar-refractivity contribution in [3.05, 3.63) is 0 Å². The van der Waals surface area contributed by atoms with Crippen molar-refractivity contribution in [1.82, 2.24) is 10.2 Å². The number of hydrogen-bond donors (Lipinski definition) is 1. The molecule has 0 aromatic rings. The van der Waals surface area contributed by atoms with E-state index in [1.54, 1.807) is 0 Å². The van der Waals surface area contributed by atoms with Gasteiger partial charge in [0.1, 0.15) is 0 Å². The molecule has 0 aromatic heterocycles. The summed E-state index contributed by atoms with van der Waals surface area (Å²) < 4.78 is 5.84. The minimum Gasteiger partial charge on any atom is -0.373 e. The van der Waals surface area contributed by atoms with E-state index < -0.39 is 0 Å². The Labute approximate surface area is 119 Å². The minimum atomic E-state index is 0.0340. The van der Waals surface area contributed by atoms with Gasteiger partial charge in [0.05, 0.1) is 12.2 Å². The molecular weight excluding hydrogens is 236 g/mol. The maximum absolute atomic E-state index is 5.84. The lowest BCUT2D eigenvalue weighted by Crippen LogP contribution is -2.53. The average molecular weight is 268 g/mol. The van der Waals surface area contributed by atoms with Crippen LogP contribution in [0.15, 0.2) is 0 Å². The molecule has 1 saturated carbocycles. The predicted octanol–water partition coefficient (Wildman–Crippen LogP) is 2.66. The topological polar surface area (TPSA) is 24.5 Å². The van der Waals surface area contributed by atoms with E-state index in [0.29, 0.717) is 5.41 Å². The minimum absolute atomic E-state index is 0.0340. The first-order valence-electron chi connectivity index (χ1n) is 8.12. The Hall–Kier alpha value is -0.120. The van der Waals surface area contributed by atoms with Crippen LogP contribution in [0.3, 0.4) is 0 Å². The van der Waals surface area contributed by atoms with Crippen LogP contribution >= 0.6 is 0 Å². The number of morpholine rings is 1. The summed E-state index contributed by atoms with van der Waals surface area (Å²) in [6.07, 6.45) is 7.07. The first kappa shape index (κ1) is 15.3. The second-order valence-corrected chi connectivity index (χ2v) is 7.16. The highest BCUT2D eigenvalue weighted by Gasteiger charge is 2.36. The predicted molar refractivity (Wildman–Crippen MR) is 80.5 cm³/mol. The standard InChI is InChI=1S/C16H32N2O/c1-4-17-12-16(8-6-5-7-9-16)14-18-10-11-19-15(2,3)13-18/h17H,4-14H2,1-3H3. The molecule has 1 saturated heterocycles. The molecule has 2 rings (SSSR count). The van der Waals surface area contributed by atoms with E-state index in [9.17, 15) is 0 Å². The van der Waals surface area contributed by atoms with E-state index in [2.05, 4.69) is 31.0 Å². The van der Waals surface area contributed by atoms with Crippen LogP contribution in [-0.2, 0) is 4.74 Å². The monoisotopic (exact) mass is 268 g/mol. The number of nitrogens with zero attached hydrogens (tertiary/aromatic N) is 1. The van der Waals surface area contributed by atoms with Gasteiger partial charge in [-0.15, -0.1) is 0 Å². The zero-order chi connectivity index (χ0) is 13.8. The molecular formula is C16H32N2O. The fraction of sp³-hybridized carbons (Fsp3) is 1.00. The molecule has 112 valence electrons. The average Bonchev–Trinajstić information content (AvgIpc) is 2.36. The van der Waals surface area contributed by atoms with Crippen molar-refractivity contribution in [3.63, 3.8) is 0 Å². The summed E-state index contributed by atoms with van der Waals surface area (Å²) in [5, 5.41) is 3.61. The van der Waals surface area contributed by atoms with E-state index in [4.69, 9.17) is 4.74 Å². The van der Waals surface area contributed by atoms with Gasteiger partial charge in [-0.2, -0.15) is 0 Å². The molecule has 0 bridgehead atoms. The Kier molecular flexibility index (Phi) is 5.27. The number of nitrogens with one attached hydrogen (secondary N) is 1. The molecule has 0 radical (unpaired) electrons. The van der Waals surface area contributed by atoms with Crippen LogP contribution < -0.4 is 5.32 Å². The van der Waals surface area contributed by atoms with Crippen LogP contribution in [0.2, 0.25) is 0 Å². The summed E-state index contributed by atoms with van der Waals surface area (Å²) in [5.41, 5.74) is 0.550. The summed E-state index contributed by atoms with van der Waals surface area (Å²) in [6, 6.07) is 0. The number of rotatable bonds is 5.